The monoisotopic (exact) mass is 400 g/mol. The number of hydrogen-bond acceptors (Lipinski definition) is 5. The fraction of sp³-hybridized carbons (Fsp3) is 0.286. The van der Waals surface area contributed by atoms with Crippen LogP contribution in [0.15, 0.2) is 42.5 Å². The smallest absolute Gasteiger partial charge is 0.137 e. The summed E-state index contributed by atoms with van der Waals surface area (Å²) in [4.78, 5) is 8.12. The van der Waals surface area contributed by atoms with Gasteiger partial charge in [-0.05, 0) is 57.4 Å². The third-order valence-electron chi connectivity index (χ3n) is 4.34. The molecule has 0 saturated carbocycles. The molecule has 4 rings (SSSR count). The summed E-state index contributed by atoms with van der Waals surface area (Å²) in [5.41, 5.74) is 2.88. The molecule has 2 aromatic carbocycles. The highest BCUT2D eigenvalue weighted by atomic mass is 35.5. The predicted octanol–water partition coefficient (Wildman–Crippen LogP) is 5.70. The van der Waals surface area contributed by atoms with Crippen LogP contribution in [0, 0.1) is 0 Å². The molecular weight excluding hydrogens is 380 g/mol. The van der Waals surface area contributed by atoms with Gasteiger partial charge in [0.25, 0.3) is 0 Å². The number of aromatic nitrogens is 1. The molecule has 0 spiro atoms. The van der Waals surface area contributed by atoms with Crippen LogP contribution in [0.2, 0.25) is 5.02 Å². The van der Waals surface area contributed by atoms with E-state index >= 15 is 0 Å². The minimum Gasteiger partial charge on any atom is -0.456 e. The fourth-order valence-corrected chi connectivity index (χ4v) is 4.29. The van der Waals surface area contributed by atoms with E-state index in [-0.39, 0.29) is 0 Å². The van der Waals surface area contributed by atoms with E-state index in [4.69, 9.17) is 26.1 Å². The maximum atomic E-state index is 6.25. The number of fused-ring (bicyclic) bond motifs is 5. The lowest BCUT2D eigenvalue weighted by atomic mass is 10.1. The Kier molecular flexibility index (Phi) is 5.45. The van der Waals surface area contributed by atoms with Gasteiger partial charge in [0.1, 0.15) is 16.5 Å². The molecule has 0 radical (unpaired) electrons. The van der Waals surface area contributed by atoms with Gasteiger partial charge in [-0.3, -0.25) is 0 Å². The molecule has 0 bridgehead atoms. The molecule has 0 atom stereocenters. The molecule has 1 aromatic heterocycles. The van der Waals surface area contributed by atoms with Crippen molar-refractivity contribution in [2.24, 2.45) is 0 Å². The molecule has 1 aliphatic heterocycles. The van der Waals surface area contributed by atoms with E-state index in [0.29, 0.717) is 11.6 Å². The normalized spacial score (nSPS) is 12.1. The summed E-state index contributed by atoms with van der Waals surface area (Å²) in [5, 5.41) is 1.64. The summed E-state index contributed by atoms with van der Waals surface area (Å²) in [5.74, 6) is 1.61. The van der Waals surface area contributed by atoms with Gasteiger partial charge in [-0.1, -0.05) is 23.7 Å². The molecule has 2 heterocycles. The molecule has 0 saturated heterocycles. The molecule has 0 fully saturated rings. The zero-order valence-electron chi connectivity index (χ0n) is 15.4. The Labute approximate surface area is 168 Å². The van der Waals surface area contributed by atoms with Crippen molar-refractivity contribution in [1.29, 1.82) is 0 Å². The van der Waals surface area contributed by atoms with Gasteiger partial charge in [0.15, 0.2) is 0 Å². The Bertz CT molecular complexity index is 955. The largest absolute Gasteiger partial charge is 0.456 e. The maximum Gasteiger partial charge on any atom is 0.137 e. The van der Waals surface area contributed by atoms with Gasteiger partial charge >= 0.3 is 0 Å². The van der Waals surface area contributed by atoms with Gasteiger partial charge in [0, 0.05) is 22.8 Å². The second-order valence-corrected chi connectivity index (χ2v) is 8.25. The van der Waals surface area contributed by atoms with Crippen LogP contribution in [-0.4, -0.2) is 37.1 Å². The fourth-order valence-electron chi connectivity index (χ4n) is 3.07. The Balaban J connectivity index is 1.65. The first kappa shape index (κ1) is 18.4. The lowest BCUT2D eigenvalue weighted by Crippen LogP contribution is -2.14. The molecule has 27 heavy (non-hydrogen) atoms. The van der Waals surface area contributed by atoms with Gasteiger partial charge in [-0.2, -0.15) is 0 Å². The van der Waals surface area contributed by atoms with E-state index < -0.39 is 0 Å². The van der Waals surface area contributed by atoms with Crippen molar-refractivity contribution in [3.05, 3.63) is 52.5 Å². The van der Waals surface area contributed by atoms with Crippen LogP contribution in [0.1, 0.15) is 11.4 Å². The summed E-state index contributed by atoms with van der Waals surface area (Å²) in [6.07, 6.45) is 1.01. The number of ether oxygens (including phenoxy) is 2. The molecule has 140 valence electrons. The summed E-state index contributed by atoms with van der Waals surface area (Å²) in [6.45, 7) is 2.26. The Hall–Kier alpha value is -1.92. The first-order valence-electron chi connectivity index (χ1n) is 8.91. The van der Waals surface area contributed by atoms with E-state index in [1.165, 1.54) is 0 Å². The number of rotatable bonds is 6. The first-order chi connectivity index (χ1) is 13.1. The highest BCUT2D eigenvalue weighted by Crippen LogP contribution is 2.49. The lowest BCUT2D eigenvalue weighted by molar-refractivity contribution is 0.113. The maximum absolute atomic E-state index is 6.25. The number of nitrogens with zero attached hydrogens (tertiary/aromatic N) is 2. The minimum atomic E-state index is 0.518. The first-order valence-corrected chi connectivity index (χ1v) is 10.1. The van der Waals surface area contributed by atoms with Gasteiger partial charge in [0.05, 0.1) is 17.2 Å². The average Bonchev–Trinajstić information content (AvgIpc) is 3.02. The van der Waals surface area contributed by atoms with E-state index in [9.17, 15) is 0 Å². The lowest BCUT2D eigenvalue weighted by Gasteiger charge is -2.09. The van der Waals surface area contributed by atoms with Crippen molar-refractivity contribution in [2.75, 3.05) is 27.2 Å². The molecule has 3 aromatic rings. The SMILES string of the molecule is CN(C)CCCOCc1nc2c(s1)-c1ccccc1Oc1ccc(Cl)cc1-2. The van der Waals surface area contributed by atoms with E-state index in [1.54, 1.807) is 11.3 Å². The summed E-state index contributed by atoms with van der Waals surface area (Å²) in [6, 6.07) is 13.7. The Morgan fingerprint density at radius 3 is 2.78 bits per heavy atom. The van der Waals surface area contributed by atoms with Crippen LogP contribution >= 0.6 is 22.9 Å². The molecular formula is C21H21ClN2O2S. The van der Waals surface area contributed by atoms with Gasteiger partial charge < -0.3 is 14.4 Å². The summed E-state index contributed by atoms with van der Waals surface area (Å²) < 4.78 is 12.0. The van der Waals surface area contributed by atoms with Gasteiger partial charge in [0.2, 0.25) is 0 Å². The van der Waals surface area contributed by atoms with Crippen molar-refractivity contribution >= 4 is 22.9 Å². The average molecular weight is 401 g/mol. The van der Waals surface area contributed by atoms with Crippen LogP contribution in [0.4, 0.5) is 0 Å². The number of benzene rings is 2. The highest BCUT2D eigenvalue weighted by Gasteiger charge is 2.24. The summed E-state index contributed by atoms with van der Waals surface area (Å²) >= 11 is 7.91. The van der Waals surface area contributed by atoms with Gasteiger partial charge in [-0.15, -0.1) is 11.3 Å². The van der Waals surface area contributed by atoms with Crippen molar-refractivity contribution in [3.63, 3.8) is 0 Å². The zero-order chi connectivity index (χ0) is 18.8. The third-order valence-corrected chi connectivity index (χ3v) is 5.64. The molecule has 0 N–H and O–H groups in total. The van der Waals surface area contributed by atoms with Crippen molar-refractivity contribution < 1.29 is 9.47 Å². The topological polar surface area (TPSA) is 34.6 Å². The molecule has 4 nitrogen and oxygen atoms in total. The second-order valence-electron chi connectivity index (χ2n) is 6.73. The van der Waals surface area contributed by atoms with Crippen molar-refractivity contribution in [2.45, 2.75) is 13.0 Å². The van der Waals surface area contributed by atoms with Crippen LogP contribution in [0.5, 0.6) is 11.5 Å². The summed E-state index contributed by atoms with van der Waals surface area (Å²) in [7, 11) is 4.14. The molecule has 0 unspecified atom stereocenters. The van der Waals surface area contributed by atoms with Gasteiger partial charge in [-0.25, -0.2) is 4.98 Å². The number of para-hydroxylation sites is 1. The van der Waals surface area contributed by atoms with Crippen LogP contribution < -0.4 is 4.74 Å². The third kappa shape index (κ3) is 4.01. The molecule has 0 aliphatic carbocycles. The second kappa shape index (κ2) is 7.98. The molecule has 0 amide bonds. The van der Waals surface area contributed by atoms with Crippen molar-refractivity contribution in [3.8, 4) is 33.2 Å². The predicted molar refractivity (Wildman–Crippen MR) is 111 cm³/mol. The number of hydrogen-bond donors (Lipinski definition) is 0. The van der Waals surface area contributed by atoms with Crippen molar-refractivity contribution in [1.82, 2.24) is 9.88 Å². The van der Waals surface area contributed by atoms with Crippen LogP contribution in [0.3, 0.4) is 0 Å². The van der Waals surface area contributed by atoms with E-state index in [0.717, 1.165) is 57.8 Å². The highest BCUT2D eigenvalue weighted by molar-refractivity contribution is 7.15. The zero-order valence-corrected chi connectivity index (χ0v) is 16.9. The van der Waals surface area contributed by atoms with Crippen LogP contribution in [0.25, 0.3) is 21.7 Å². The standard InChI is InChI=1S/C21H21ClN2O2S/c1-24(2)10-5-11-25-13-19-23-20-16-12-14(22)8-9-18(16)26-17-7-4-3-6-15(17)21(20)27-19/h3-4,6-9,12H,5,10-11,13H2,1-2H3. The Morgan fingerprint density at radius 1 is 1.11 bits per heavy atom. The minimum absolute atomic E-state index is 0.518. The number of halogens is 1. The van der Waals surface area contributed by atoms with E-state index in [2.05, 4.69) is 25.1 Å². The molecule has 1 aliphatic rings. The number of thiazole rings is 1. The molecule has 6 heteroatoms. The van der Waals surface area contributed by atoms with E-state index in [1.807, 2.05) is 36.4 Å². The Morgan fingerprint density at radius 2 is 1.93 bits per heavy atom. The van der Waals surface area contributed by atoms with Crippen LogP contribution in [-0.2, 0) is 11.3 Å². The quantitative estimate of drug-likeness (QED) is 0.388.